The van der Waals surface area contributed by atoms with Crippen LogP contribution in [0.5, 0.6) is 0 Å². The van der Waals surface area contributed by atoms with Crippen molar-refractivity contribution in [1.29, 1.82) is 0 Å². The van der Waals surface area contributed by atoms with Gasteiger partial charge in [-0.1, -0.05) is 173 Å². The third-order valence-corrected chi connectivity index (χ3v) is 14.5. The highest BCUT2D eigenvalue weighted by Gasteiger charge is 2.39. The molecule has 0 saturated heterocycles. The lowest BCUT2D eigenvalue weighted by Crippen LogP contribution is -2.15. The summed E-state index contributed by atoms with van der Waals surface area (Å²) < 4.78 is 6.30. The lowest BCUT2D eigenvalue weighted by molar-refractivity contribution is 0.660. The van der Waals surface area contributed by atoms with Crippen LogP contribution < -0.4 is 0 Å². The average Bonchev–Trinajstić information content (AvgIpc) is 3.87. The first-order chi connectivity index (χ1) is 29.8. The molecule has 0 aliphatic heterocycles. The van der Waals surface area contributed by atoms with Crippen molar-refractivity contribution in [3.63, 3.8) is 0 Å². The van der Waals surface area contributed by atoms with Crippen LogP contribution >= 0.6 is 0 Å². The maximum Gasteiger partial charge on any atom is 0.136 e. The second-order valence-electron chi connectivity index (χ2n) is 18.4. The Bertz CT molecular complexity index is 3630. The lowest BCUT2D eigenvalue weighted by Gasteiger charge is -2.24. The summed E-state index contributed by atoms with van der Waals surface area (Å²) in [5, 5.41) is 10.1. The fourth-order valence-electron chi connectivity index (χ4n) is 11.5. The molecular formula is C60H42O. The van der Waals surface area contributed by atoms with E-state index in [0.717, 1.165) is 11.2 Å². The summed E-state index contributed by atoms with van der Waals surface area (Å²) in [7, 11) is 0. The fourth-order valence-corrected chi connectivity index (χ4v) is 11.5. The van der Waals surface area contributed by atoms with Crippen LogP contribution in [0.4, 0.5) is 0 Å². The van der Waals surface area contributed by atoms with Gasteiger partial charge in [0.2, 0.25) is 0 Å². The molecule has 0 saturated carbocycles. The highest BCUT2D eigenvalue weighted by molar-refractivity contribution is 6.23. The highest BCUT2D eigenvalue weighted by Crippen LogP contribution is 2.55. The Labute approximate surface area is 355 Å². The number of para-hydroxylation sites is 1. The number of rotatable bonds is 3. The van der Waals surface area contributed by atoms with Gasteiger partial charge in [0.05, 0.1) is 0 Å². The standard InChI is InChI=1S/C60H42O/c1-59(2)49-30-28-46-45(29-31-54-58(46)48-20-12-13-21-53(48)61-54)57(49)47-27-23-37(33-52(47)59)36-22-25-39-40-26-24-38(34-51(40)60(3,4)50(39)32-36)56-43-18-10-8-16-41(43)55(35-14-6-5-7-15-35)42-17-9-11-19-44(42)56/h5-34H,1-4H3. The van der Waals surface area contributed by atoms with Gasteiger partial charge in [-0.25, -0.2) is 0 Å². The summed E-state index contributed by atoms with van der Waals surface area (Å²) in [6, 6.07) is 67.9. The predicted octanol–water partition coefficient (Wildman–Crippen LogP) is 16.7. The molecule has 0 bridgehead atoms. The van der Waals surface area contributed by atoms with Crippen molar-refractivity contribution in [2.45, 2.75) is 38.5 Å². The Morgan fingerprint density at radius 2 is 0.754 bits per heavy atom. The van der Waals surface area contributed by atoms with E-state index >= 15 is 0 Å². The maximum absolute atomic E-state index is 6.30. The molecule has 13 rings (SSSR count). The Morgan fingerprint density at radius 3 is 1.39 bits per heavy atom. The van der Waals surface area contributed by atoms with Crippen molar-refractivity contribution >= 4 is 54.3 Å². The summed E-state index contributed by atoms with van der Waals surface area (Å²) in [6.07, 6.45) is 0. The molecule has 1 heterocycles. The molecule has 11 aromatic rings. The van der Waals surface area contributed by atoms with Crippen LogP contribution in [0.1, 0.15) is 49.9 Å². The molecule has 0 atom stereocenters. The topological polar surface area (TPSA) is 13.1 Å². The van der Waals surface area contributed by atoms with Crippen LogP contribution in [0, 0.1) is 0 Å². The SMILES string of the molecule is CC1(C)c2cc(-c3ccc4c(c3)C(C)(C)c3ccc5c(ccc6oc7ccccc7c65)c3-4)ccc2-c2ccc(-c3c4ccccc4c(-c4ccccc4)c4ccccc34)cc21. The van der Waals surface area contributed by atoms with Crippen LogP contribution in [0.2, 0.25) is 0 Å². The zero-order valence-electron chi connectivity index (χ0n) is 34.7. The first-order valence-corrected chi connectivity index (χ1v) is 21.6. The van der Waals surface area contributed by atoms with E-state index in [1.165, 1.54) is 121 Å². The van der Waals surface area contributed by atoms with Gasteiger partial charge >= 0.3 is 0 Å². The van der Waals surface area contributed by atoms with Crippen LogP contribution in [-0.2, 0) is 10.8 Å². The number of hydrogen-bond acceptors (Lipinski definition) is 1. The largest absolute Gasteiger partial charge is 0.456 e. The molecule has 0 amide bonds. The van der Waals surface area contributed by atoms with E-state index < -0.39 is 0 Å². The molecule has 10 aromatic carbocycles. The summed E-state index contributed by atoms with van der Waals surface area (Å²) in [5.41, 5.74) is 20.1. The van der Waals surface area contributed by atoms with Crippen molar-refractivity contribution in [2.24, 2.45) is 0 Å². The Hall–Kier alpha value is -7.22. The van der Waals surface area contributed by atoms with E-state index in [1.54, 1.807) is 0 Å². The molecule has 61 heavy (non-hydrogen) atoms. The van der Waals surface area contributed by atoms with Crippen LogP contribution in [0.15, 0.2) is 186 Å². The minimum Gasteiger partial charge on any atom is -0.456 e. The zero-order chi connectivity index (χ0) is 40.8. The van der Waals surface area contributed by atoms with Gasteiger partial charge in [-0.2, -0.15) is 0 Å². The number of hydrogen-bond donors (Lipinski definition) is 0. The van der Waals surface area contributed by atoms with E-state index in [1.807, 2.05) is 6.07 Å². The minimum atomic E-state index is -0.181. The molecule has 1 heteroatoms. The van der Waals surface area contributed by atoms with Gasteiger partial charge in [-0.15, -0.1) is 0 Å². The average molecular weight is 779 g/mol. The molecular weight excluding hydrogens is 737 g/mol. The van der Waals surface area contributed by atoms with E-state index in [9.17, 15) is 0 Å². The van der Waals surface area contributed by atoms with Crippen LogP contribution in [0.3, 0.4) is 0 Å². The van der Waals surface area contributed by atoms with Gasteiger partial charge < -0.3 is 4.42 Å². The van der Waals surface area contributed by atoms with E-state index in [4.69, 9.17) is 4.42 Å². The number of benzene rings is 10. The molecule has 2 aliphatic rings. The molecule has 1 aromatic heterocycles. The van der Waals surface area contributed by atoms with Crippen molar-refractivity contribution in [3.8, 4) is 55.6 Å². The summed E-state index contributed by atoms with van der Waals surface area (Å²) in [5.74, 6) is 0. The predicted molar refractivity (Wildman–Crippen MR) is 258 cm³/mol. The monoisotopic (exact) mass is 778 g/mol. The normalized spacial score (nSPS) is 14.5. The second-order valence-corrected chi connectivity index (χ2v) is 18.4. The van der Waals surface area contributed by atoms with Crippen molar-refractivity contribution < 1.29 is 4.42 Å². The quantitative estimate of drug-likeness (QED) is 0.163. The van der Waals surface area contributed by atoms with Gasteiger partial charge in [0.1, 0.15) is 11.2 Å². The third kappa shape index (κ3) is 4.67. The molecule has 0 fully saturated rings. The summed E-state index contributed by atoms with van der Waals surface area (Å²) in [6.45, 7) is 9.60. The van der Waals surface area contributed by atoms with E-state index in [0.29, 0.717) is 0 Å². The van der Waals surface area contributed by atoms with Crippen molar-refractivity contribution in [2.75, 3.05) is 0 Å². The van der Waals surface area contributed by atoms with Gasteiger partial charge in [0.25, 0.3) is 0 Å². The van der Waals surface area contributed by atoms with E-state index in [-0.39, 0.29) is 10.8 Å². The van der Waals surface area contributed by atoms with Crippen LogP contribution in [-0.4, -0.2) is 0 Å². The zero-order valence-corrected chi connectivity index (χ0v) is 34.7. The Balaban J connectivity index is 0.920. The molecule has 0 N–H and O–H groups in total. The first-order valence-electron chi connectivity index (χ1n) is 21.6. The van der Waals surface area contributed by atoms with Gasteiger partial charge in [-0.3, -0.25) is 0 Å². The van der Waals surface area contributed by atoms with Crippen molar-refractivity contribution in [1.82, 2.24) is 0 Å². The van der Waals surface area contributed by atoms with Crippen LogP contribution in [0.25, 0.3) is 110 Å². The fraction of sp³-hybridized carbons (Fsp3) is 0.100. The Kier molecular flexibility index (Phi) is 6.91. The Morgan fingerprint density at radius 1 is 0.295 bits per heavy atom. The summed E-state index contributed by atoms with van der Waals surface area (Å²) >= 11 is 0. The second kappa shape index (κ2) is 12.2. The van der Waals surface area contributed by atoms with Crippen molar-refractivity contribution in [3.05, 3.63) is 204 Å². The molecule has 0 unspecified atom stereocenters. The van der Waals surface area contributed by atoms with Gasteiger partial charge in [0, 0.05) is 21.6 Å². The molecule has 1 nitrogen and oxygen atoms in total. The van der Waals surface area contributed by atoms with Gasteiger partial charge in [-0.05, 0) is 147 Å². The number of fused-ring (bicyclic) bond motifs is 14. The number of furan rings is 1. The minimum absolute atomic E-state index is 0.140. The first kappa shape index (κ1) is 34.6. The molecule has 0 radical (unpaired) electrons. The smallest absolute Gasteiger partial charge is 0.136 e. The molecule has 288 valence electrons. The lowest BCUT2D eigenvalue weighted by atomic mass is 9.79. The van der Waals surface area contributed by atoms with Gasteiger partial charge in [0.15, 0.2) is 0 Å². The third-order valence-electron chi connectivity index (χ3n) is 14.5. The molecule has 2 aliphatic carbocycles. The maximum atomic E-state index is 6.30. The molecule has 0 spiro atoms. The summed E-state index contributed by atoms with van der Waals surface area (Å²) in [4.78, 5) is 0. The van der Waals surface area contributed by atoms with E-state index in [2.05, 4.69) is 204 Å². The highest BCUT2D eigenvalue weighted by atomic mass is 16.3.